The Morgan fingerprint density at radius 2 is 1.67 bits per heavy atom. The van der Waals surface area contributed by atoms with Crippen molar-refractivity contribution in [3.05, 3.63) is 100 Å². The molecule has 0 unspecified atom stereocenters. The minimum atomic E-state index is -1.12. The van der Waals surface area contributed by atoms with Crippen molar-refractivity contribution in [1.82, 2.24) is 9.47 Å². The maximum absolute atomic E-state index is 15.4. The molecule has 3 aromatic carbocycles. The number of benzene rings is 3. The van der Waals surface area contributed by atoms with E-state index in [1.807, 2.05) is 44.2 Å². The molecule has 0 saturated carbocycles. The lowest BCUT2D eigenvalue weighted by Gasteiger charge is -2.35. The maximum Gasteiger partial charge on any atom is 0.408 e. The number of halogens is 1. The van der Waals surface area contributed by atoms with E-state index in [9.17, 15) is 14.7 Å². The van der Waals surface area contributed by atoms with Crippen LogP contribution in [0.3, 0.4) is 0 Å². The van der Waals surface area contributed by atoms with Crippen LogP contribution < -0.4 is 10.3 Å². The topological polar surface area (TPSA) is 71.8 Å². The number of fused-ring (bicyclic) bond motifs is 1. The summed E-state index contributed by atoms with van der Waals surface area (Å²) >= 11 is 0. The molecular formula is C32H35FN2O4. The first kappa shape index (κ1) is 27.9. The van der Waals surface area contributed by atoms with Crippen LogP contribution in [0.2, 0.25) is 0 Å². The van der Waals surface area contributed by atoms with Gasteiger partial charge in [-0.05, 0) is 56.5 Å². The predicted molar refractivity (Wildman–Crippen MR) is 153 cm³/mol. The van der Waals surface area contributed by atoms with Crippen molar-refractivity contribution in [2.24, 2.45) is 5.92 Å². The van der Waals surface area contributed by atoms with E-state index in [2.05, 4.69) is 0 Å². The van der Waals surface area contributed by atoms with E-state index in [1.165, 1.54) is 11.0 Å². The molecule has 6 nitrogen and oxygen atoms in total. The van der Waals surface area contributed by atoms with Gasteiger partial charge in [-0.15, -0.1) is 0 Å². The first-order chi connectivity index (χ1) is 18.5. The Hall–Kier alpha value is -4.13. The normalized spacial score (nSPS) is 11.7. The highest BCUT2D eigenvalue weighted by atomic mass is 19.1. The van der Waals surface area contributed by atoms with E-state index in [0.29, 0.717) is 46.5 Å². The molecule has 4 rings (SSSR count). The average molecular weight is 531 g/mol. The average Bonchev–Trinajstić information content (AvgIpc) is 2.88. The molecule has 0 spiro atoms. The molecule has 0 radical (unpaired) electrons. The van der Waals surface area contributed by atoms with E-state index in [1.54, 1.807) is 61.7 Å². The van der Waals surface area contributed by atoms with Crippen molar-refractivity contribution in [3.8, 4) is 16.9 Å². The summed E-state index contributed by atoms with van der Waals surface area (Å²) in [5, 5.41) is 11.0. The third-order valence-corrected chi connectivity index (χ3v) is 6.64. The highest BCUT2D eigenvalue weighted by Crippen LogP contribution is 2.36. The zero-order chi connectivity index (χ0) is 28.3. The summed E-state index contributed by atoms with van der Waals surface area (Å²) in [5.41, 5.74) is 1.22. The van der Waals surface area contributed by atoms with E-state index in [4.69, 9.17) is 4.74 Å². The quantitative estimate of drug-likeness (QED) is 0.259. The highest BCUT2D eigenvalue weighted by Gasteiger charge is 2.30. The van der Waals surface area contributed by atoms with Crippen molar-refractivity contribution in [2.45, 2.75) is 59.9 Å². The van der Waals surface area contributed by atoms with Gasteiger partial charge >= 0.3 is 6.09 Å². The highest BCUT2D eigenvalue weighted by molar-refractivity contribution is 5.98. The molecule has 1 aromatic heterocycles. The largest absolute Gasteiger partial charge is 0.489 e. The summed E-state index contributed by atoms with van der Waals surface area (Å²) in [7, 11) is 0. The molecule has 0 atom stereocenters. The van der Waals surface area contributed by atoms with Gasteiger partial charge in [0.2, 0.25) is 0 Å². The Balaban J connectivity index is 2.02. The Morgan fingerprint density at radius 3 is 2.28 bits per heavy atom. The van der Waals surface area contributed by atoms with Crippen LogP contribution in [-0.4, -0.2) is 26.2 Å². The molecule has 0 fully saturated rings. The van der Waals surface area contributed by atoms with E-state index in [-0.39, 0.29) is 18.0 Å². The number of hydrogen-bond donors (Lipinski definition) is 1. The number of pyridine rings is 1. The number of carbonyl (C=O) groups is 1. The standard InChI is InChI=1S/C32H35FN2O4/c1-21(2)18-34-28(19-35(31(37)38)32(3,4)5)29(25-13-9-10-14-27(25)33)26-17-23(15-16-24(26)30(34)36)39-20-22-11-7-6-8-12-22/h6-17,21H,18-20H2,1-5H3,(H,37,38). The summed E-state index contributed by atoms with van der Waals surface area (Å²) in [5.74, 6) is 0.165. The molecule has 1 N–H and O–H groups in total. The molecule has 1 heterocycles. The number of aromatic nitrogens is 1. The van der Waals surface area contributed by atoms with Gasteiger partial charge < -0.3 is 14.4 Å². The van der Waals surface area contributed by atoms with Crippen LogP contribution in [0.25, 0.3) is 21.9 Å². The Bertz CT molecular complexity index is 1540. The molecule has 39 heavy (non-hydrogen) atoms. The molecule has 0 aliphatic rings. The number of ether oxygens (including phenoxy) is 1. The molecule has 0 aliphatic carbocycles. The molecule has 0 aliphatic heterocycles. The molecular weight excluding hydrogens is 495 g/mol. The van der Waals surface area contributed by atoms with Gasteiger partial charge in [0.15, 0.2) is 0 Å². The number of carboxylic acid groups (broad SMARTS) is 1. The van der Waals surface area contributed by atoms with Crippen molar-refractivity contribution in [2.75, 3.05) is 0 Å². The Morgan fingerprint density at radius 1 is 1.00 bits per heavy atom. The minimum absolute atomic E-state index is 0.0878. The van der Waals surface area contributed by atoms with Gasteiger partial charge in [0.1, 0.15) is 18.2 Å². The van der Waals surface area contributed by atoms with Gasteiger partial charge in [-0.25, -0.2) is 9.18 Å². The van der Waals surface area contributed by atoms with Gasteiger partial charge in [-0.2, -0.15) is 0 Å². The van der Waals surface area contributed by atoms with Crippen LogP contribution in [0.1, 0.15) is 45.9 Å². The molecule has 7 heteroatoms. The second kappa shape index (κ2) is 11.3. The molecule has 204 valence electrons. The van der Waals surface area contributed by atoms with Crippen LogP contribution in [0, 0.1) is 11.7 Å². The van der Waals surface area contributed by atoms with Gasteiger partial charge in [0, 0.05) is 39.7 Å². The van der Waals surface area contributed by atoms with Crippen LogP contribution >= 0.6 is 0 Å². The second-order valence-corrected chi connectivity index (χ2v) is 11.1. The molecule has 1 amide bonds. The molecule has 0 bridgehead atoms. The Kier molecular flexibility index (Phi) is 8.09. The first-order valence-corrected chi connectivity index (χ1v) is 13.1. The van der Waals surface area contributed by atoms with Crippen molar-refractivity contribution >= 4 is 16.9 Å². The smallest absolute Gasteiger partial charge is 0.408 e. The zero-order valence-corrected chi connectivity index (χ0v) is 23.1. The summed E-state index contributed by atoms with van der Waals surface area (Å²) in [6.45, 7) is 9.97. The van der Waals surface area contributed by atoms with E-state index < -0.39 is 17.4 Å². The zero-order valence-electron chi connectivity index (χ0n) is 23.1. The number of hydrogen-bond acceptors (Lipinski definition) is 3. The number of rotatable bonds is 8. The third kappa shape index (κ3) is 6.14. The minimum Gasteiger partial charge on any atom is -0.489 e. The lowest BCUT2D eigenvalue weighted by atomic mass is 9.94. The number of nitrogens with zero attached hydrogens (tertiary/aromatic N) is 2. The molecule has 4 aromatic rings. The third-order valence-electron chi connectivity index (χ3n) is 6.64. The first-order valence-electron chi connectivity index (χ1n) is 13.1. The lowest BCUT2D eigenvalue weighted by Crippen LogP contribution is -2.45. The van der Waals surface area contributed by atoms with E-state index >= 15 is 4.39 Å². The van der Waals surface area contributed by atoms with Crippen molar-refractivity contribution in [1.29, 1.82) is 0 Å². The fourth-order valence-electron chi connectivity index (χ4n) is 4.73. The fourth-order valence-corrected chi connectivity index (χ4v) is 4.73. The summed E-state index contributed by atoms with van der Waals surface area (Å²) in [6, 6.07) is 21.3. The van der Waals surface area contributed by atoms with Crippen LogP contribution in [0.5, 0.6) is 5.75 Å². The monoisotopic (exact) mass is 530 g/mol. The maximum atomic E-state index is 15.4. The molecule has 0 saturated heterocycles. The van der Waals surface area contributed by atoms with E-state index in [0.717, 1.165) is 5.56 Å². The summed E-state index contributed by atoms with van der Waals surface area (Å²) in [6.07, 6.45) is -1.12. The van der Waals surface area contributed by atoms with Gasteiger partial charge in [0.05, 0.1) is 6.54 Å². The van der Waals surface area contributed by atoms with Crippen LogP contribution in [-0.2, 0) is 19.7 Å². The van der Waals surface area contributed by atoms with Gasteiger partial charge in [-0.1, -0.05) is 62.4 Å². The summed E-state index contributed by atoms with van der Waals surface area (Å²) < 4.78 is 23.1. The van der Waals surface area contributed by atoms with Crippen LogP contribution in [0.15, 0.2) is 77.6 Å². The Labute approximate surface area is 228 Å². The predicted octanol–water partition coefficient (Wildman–Crippen LogP) is 7.32. The van der Waals surface area contributed by atoms with Gasteiger partial charge in [-0.3, -0.25) is 9.69 Å². The summed E-state index contributed by atoms with van der Waals surface area (Å²) in [4.78, 5) is 27.6. The fraction of sp³-hybridized carbons (Fsp3) is 0.312. The van der Waals surface area contributed by atoms with Crippen LogP contribution in [0.4, 0.5) is 9.18 Å². The second-order valence-electron chi connectivity index (χ2n) is 11.1. The lowest BCUT2D eigenvalue weighted by molar-refractivity contribution is 0.0937. The number of amides is 1. The SMILES string of the molecule is CC(C)Cn1c(CN(C(=O)O)C(C)(C)C)c(-c2ccccc2F)c2cc(OCc3ccccc3)ccc2c1=O. The van der Waals surface area contributed by atoms with Gasteiger partial charge in [0.25, 0.3) is 5.56 Å². The van der Waals surface area contributed by atoms with Crippen molar-refractivity contribution in [3.63, 3.8) is 0 Å². The van der Waals surface area contributed by atoms with Crippen molar-refractivity contribution < 1.29 is 19.0 Å².